The summed E-state index contributed by atoms with van der Waals surface area (Å²) in [6, 6.07) is 12.7. The van der Waals surface area contributed by atoms with Gasteiger partial charge in [0.25, 0.3) is 0 Å². The largest absolute Gasteiger partial charge is 0.507 e. The SMILES string of the molecule is COCOc1c(OC)c(C)cc2c1[C@@H]1C3Cc4c(O)c(C)c5c(c4[C@H](COC(=O)CCc4ccccc4)N3[C@@H](C#N)[C@H](C2)N1C)OCO5. The third kappa shape index (κ3) is 5.10. The zero-order chi connectivity index (χ0) is 33.7. The molecule has 4 aliphatic rings. The molecule has 0 amide bonds. The zero-order valence-electron chi connectivity index (χ0n) is 27.9. The topological polar surface area (TPSA) is 123 Å². The van der Waals surface area contributed by atoms with Gasteiger partial charge in [0.2, 0.25) is 6.79 Å². The number of ether oxygens (including phenoxy) is 6. The third-order valence-corrected chi connectivity index (χ3v) is 10.5. The molecule has 1 unspecified atom stereocenters. The number of piperazine rings is 1. The molecular formula is C37H41N3O8. The fourth-order valence-corrected chi connectivity index (χ4v) is 8.38. The molecule has 7 rings (SSSR count). The molecule has 11 heteroatoms. The number of nitrogens with zero attached hydrogens (tertiary/aromatic N) is 3. The summed E-state index contributed by atoms with van der Waals surface area (Å²) in [4.78, 5) is 17.7. The van der Waals surface area contributed by atoms with E-state index in [0.717, 1.165) is 22.3 Å². The van der Waals surface area contributed by atoms with Gasteiger partial charge in [-0.1, -0.05) is 36.4 Å². The highest BCUT2D eigenvalue weighted by Gasteiger charge is 2.57. The van der Waals surface area contributed by atoms with Gasteiger partial charge in [0, 0.05) is 47.9 Å². The van der Waals surface area contributed by atoms with Gasteiger partial charge in [0.1, 0.15) is 18.4 Å². The number of fused-ring (bicyclic) bond motifs is 9. The van der Waals surface area contributed by atoms with E-state index in [4.69, 9.17) is 28.4 Å². The molecule has 5 atom stereocenters. The first-order valence-electron chi connectivity index (χ1n) is 16.3. The van der Waals surface area contributed by atoms with Crippen molar-refractivity contribution in [3.8, 4) is 34.8 Å². The Labute approximate surface area is 280 Å². The quantitative estimate of drug-likeness (QED) is 0.256. The van der Waals surface area contributed by atoms with Crippen LogP contribution in [0.25, 0.3) is 0 Å². The van der Waals surface area contributed by atoms with E-state index in [-0.39, 0.29) is 56.5 Å². The highest BCUT2D eigenvalue weighted by molar-refractivity contribution is 5.70. The molecule has 2 bridgehead atoms. The Morgan fingerprint density at radius 2 is 1.83 bits per heavy atom. The zero-order valence-corrected chi connectivity index (χ0v) is 27.9. The van der Waals surface area contributed by atoms with Crippen molar-refractivity contribution in [1.82, 2.24) is 9.80 Å². The van der Waals surface area contributed by atoms with E-state index in [1.54, 1.807) is 14.2 Å². The summed E-state index contributed by atoms with van der Waals surface area (Å²) in [6.07, 6.45) is 1.78. The van der Waals surface area contributed by atoms with Gasteiger partial charge in [0.05, 0.1) is 25.3 Å². The average Bonchev–Trinajstić information content (AvgIpc) is 3.58. The number of benzene rings is 3. The van der Waals surface area contributed by atoms with Crippen LogP contribution >= 0.6 is 0 Å². The van der Waals surface area contributed by atoms with Gasteiger partial charge < -0.3 is 33.5 Å². The smallest absolute Gasteiger partial charge is 0.306 e. The molecule has 4 heterocycles. The van der Waals surface area contributed by atoms with Crippen molar-refractivity contribution in [2.24, 2.45) is 0 Å². The number of carbonyl (C=O) groups is 1. The van der Waals surface area contributed by atoms with E-state index < -0.39 is 12.1 Å². The Balaban J connectivity index is 1.34. The summed E-state index contributed by atoms with van der Waals surface area (Å²) in [5.74, 6) is 2.05. The summed E-state index contributed by atoms with van der Waals surface area (Å²) in [6.45, 7) is 3.84. The molecule has 0 spiro atoms. The first-order valence-corrected chi connectivity index (χ1v) is 16.3. The highest BCUT2D eigenvalue weighted by Crippen LogP contribution is 2.58. The Bertz CT molecular complexity index is 1770. The maximum absolute atomic E-state index is 13.2. The Morgan fingerprint density at radius 3 is 2.56 bits per heavy atom. The van der Waals surface area contributed by atoms with Crippen molar-refractivity contribution in [1.29, 1.82) is 5.26 Å². The molecule has 48 heavy (non-hydrogen) atoms. The number of aryl methyl sites for hydroxylation is 2. The van der Waals surface area contributed by atoms with E-state index >= 15 is 0 Å². The van der Waals surface area contributed by atoms with Crippen LogP contribution in [0.15, 0.2) is 36.4 Å². The number of hydrogen-bond acceptors (Lipinski definition) is 11. The van der Waals surface area contributed by atoms with Gasteiger partial charge in [0.15, 0.2) is 29.8 Å². The summed E-state index contributed by atoms with van der Waals surface area (Å²) in [5, 5.41) is 22.6. The Morgan fingerprint density at radius 1 is 1.06 bits per heavy atom. The summed E-state index contributed by atoms with van der Waals surface area (Å²) >= 11 is 0. The molecule has 3 aromatic carbocycles. The molecule has 3 aromatic rings. The molecular weight excluding hydrogens is 614 g/mol. The second-order valence-electron chi connectivity index (χ2n) is 13.0. The minimum Gasteiger partial charge on any atom is -0.507 e. The van der Waals surface area contributed by atoms with Crippen molar-refractivity contribution in [3.05, 3.63) is 75.3 Å². The fraction of sp³-hybridized carbons (Fsp3) is 0.459. The van der Waals surface area contributed by atoms with Crippen LogP contribution < -0.4 is 18.9 Å². The maximum atomic E-state index is 13.2. The number of esters is 1. The number of rotatable bonds is 9. The monoisotopic (exact) mass is 655 g/mol. The van der Waals surface area contributed by atoms with Gasteiger partial charge in [-0.25, -0.2) is 0 Å². The van der Waals surface area contributed by atoms with Crippen LogP contribution in [-0.4, -0.2) is 80.5 Å². The molecule has 0 aliphatic carbocycles. The fourth-order valence-electron chi connectivity index (χ4n) is 8.38. The predicted molar refractivity (Wildman–Crippen MR) is 174 cm³/mol. The van der Waals surface area contributed by atoms with Gasteiger partial charge in [-0.2, -0.15) is 5.26 Å². The lowest BCUT2D eigenvalue weighted by Gasteiger charge is -2.59. The van der Waals surface area contributed by atoms with Gasteiger partial charge in [-0.3, -0.25) is 14.6 Å². The molecule has 0 radical (unpaired) electrons. The third-order valence-electron chi connectivity index (χ3n) is 10.5. The van der Waals surface area contributed by atoms with Crippen LogP contribution in [0.1, 0.15) is 57.4 Å². The van der Waals surface area contributed by atoms with Crippen LogP contribution in [0.2, 0.25) is 0 Å². The van der Waals surface area contributed by atoms with Crippen LogP contribution in [0.4, 0.5) is 0 Å². The average molecular weight is 656 g/mol. The van der Waals surface area contributed by atoms with Gasteiger partial charge in [-0.05, 0) is 56.8 Å². The molecule has 252 valence electrons. The van der Waals surface area contributed by atoms with Crippen molar-refractivity contribution in [2.45, 2.75) is 69.7 Å². The summed E-state index contributed by atoms with van der Waals surface area (Å²) in [5.41, 5.74) is 6.05. The minimum atomic E-state index is -0.582. The lowest BCUT2D eigenvalue weighted by molar-refractivity contribution is -0.149. The Hall–Kier alpha value is -4.50. The van der Waals surface area contributed by atoms with Crippen LogP contribution in [-0.2, 0) is 33.5 Å². The maximum Gasteiger partial charge on any atom is 0.306 e. The summed E-state index contributed by atoms with van der Waals surface area (Å²) in [7, 11) is 5.26. The van der Waals surface area contributed by atoms with E-state index in [2.05, 4.69) is 21.9 Å². The van der Waals surface area contributed by atoms with Gasteiger partial charge in [-0.15, -0.1) is 0 Å². The molecule has 1 saturated heterocycles. The normalized spacial score (nSPS) is 23.8. The van der Waals surface area contributed by atoms with E-state index in [0.29, 0.717) is 59.0 Å². The molecule has 1 N–H and O–H groups in total. The number of likely N-dealkylation sites (N-methyl/N-ethyl adjacent to an activating group) is 1. The first kappa shape index (κ1) is 32.1. The van der Waals surface area contributed by atoms with E-state index in [9.17, 15) is 15.2 Å². The minimum absolute atomic E-state index is 0.0153. The standard InChI is InChI=1S/C37H41N3O8/c1-20-13-23-14-25-27(16-38)40-26(32(39(25)3)30(23)36(34(20)44-5)46-18-43-4)15-24-31(37-35(47-19-48-37)21(2)33(24)42)28(40)17-45-29(41)12-11-22-9-7-6-8-10-22/h6-10,13,25-28,32,42H,11-12,14-15,17-19H2,1-5H3/t25-,26?,27-,28-,32-/m0/s1. The number of hydrogen-bond donors (Lipinski definition) is 1. The lowest BCUT2D eigenvalue weighted by Crippen LogP contribution is -2.68. The number of aromatic hydroxyl groups is 1. The van der Waals surface area contributed by atoms with Crippen LogP contribution in [0.3, 0.4) is 0 Å². The van der Waals surface area contributed by atoms with Crippen molar-refractivity contribution in [2.75, 3.05) is 41.5 Å². The van der Waals surface area contributed by atoms with E-state index in [1.165, 1.54) is 0 Å². The van der Waals surface area contributed by atoms with Crippen molar-refractivity contribution in [3.63, 3.8) is 0 Å². The molecule has 11 nitrogen and oxygen atoms in total. The second-order valence-corrected chi connectivity index (χ2v) is 13.0. The van der Waals surface area contributed by atoms with Crippen molar-refractivity contribution >= 4 is 5.97 Å². The molecule has 1 fully saturated rings. The number of methoxy groups -OCH3 is 2. The lowest BCUT2D eigenvalue weighted by atomic mass is 9.71. The number of phenolic OH excluding ortho intramolecular Hbond substituents is 1. The molecule has 4 aliphatic heterocycles. The van der Waals surface area contributed by atoms with Crippen LogP contribution in [0.5, 0.6) is 28.7 Å². The first-order chi connectivity index (χ1) is 23.3. The number of nitriles is 1. The second kappa shape index (κ2) is 12.8. The number of carbonyl (C=O) groups excluding carboxylic acids is 1. The van der Waals surface area contributed by atoms with Crippen LogP contribution in [0, 0.1) is 25.2 Å². The summed E-state index contributed by atoms with van der Waals surface area (Å²) < 4.78 is 35.4. The van der Waals surface area contributed by atoms with Crippen molar-refractivity contribution < 1.29 is 38.3 Å². The van der Waals surface area contributed by atoms with Gasteiger partial charge >= 0.3 is 5.97 Å². The number of phenols is 1. The Kier molecular flexibility index (Phi) is 8.58. The highest BCUT2D eigenvalue weighted by atomic mass is 16.7. The predicted octanol–water partition coefficient (Wildman–Crippen LogP) is 4.68. The molecule has 0 saturated carbocycles. The molecule has 0 aromatic heterocycles. The van der Waals surface area contributed by atoms with E-state index in [1.807, 2.05) is 51.2 Å².